The van der Waals surface area contributed by atoms with Crippen LogP contribution in [0, 0.1) is 0 Å². The number of carboxylic acid groups (broad SMARTS) is 1. The number of nitrogens with one attached hydrogen (secondary N) is 1. The van der Waals surface area contributed by atoms with Gasteiger partial charge < -0.3 is 81.5 Å². The zero-order valence-corrected chi connectivity index (χ0v) is 48.7. The Bertz CT molecular complexity index is 3010. The number of rotatable bonds is 22. The molecule has 2 aromatic carbocycles. The lowest BCUT2D eigenvalue weighted by Crippen LogP contribution is -2.68. The van der Waals surface area contributed by atoms with Crippen molar-refractivity contribution in [2.75, 3.05) is 19.8 Å². The predicted octanol–water partition coefficient (Wildman–Crippen LogP) is 1.60. The van der Waals surface area contributed by atoms with Gasteiger partial charge in [-0.1, -0.05) is 53.7 Å². The third kappa shape index (κ3) is 16.9. The number of carbonyl (C=O) groups excluding carboxylic acids is 10. The van der Waals surface area contributed by atoms with E-state index >= 15 is 0 Å². The number of carboxylic acids is 1. The Morgan fingerprint density at radius 2 is 0.943 bits per heavy atom. The molecule has 1 aromatic heterocycles. The number of hydrogen-bond donors (Lipinski definition) is 2. The van der Waals surface area contributed by atoms with Crippen molar-refractivity contribution in [1.29, 1.82) is 0 Å². The summed E-state index contributed by atoms with van der Waals surface area (Å²) in [5.74, 6) is -10.6. The van der Waals surface area contributed by atoms with Crippen molar-refractivity contribution in [1.82, 2.24) is 20.3 Å². The Hall–Kier alpha value is -8.65. The molecule has 3 aliphatic heterocycles. The molecule has 0 spiro atoms. The Kier molecular flexibility index (Phi) is 22.1. The first-order chi connectivity index (χ1) is 41.2. The minimum atomic E-state index is -2.13. The number of carbonyl (C=O) groups is 11. The molecule has 16 atom stereocenters. The quantitative estimate of drug-likeness (QED) is 0.107. The minimum absolute atomic E-state index is 0.0971. The van der Waals surface area contributed by atoms with Crippen LogP contribution in [0.1, 0.15) is 98.2 Å². The first-order valence-corrected chi connectivity index (χ1v) is 27.2. The van der Waals surface area contributed by atoms with E-state index in [1.807, 2.05) is 48.5 Å². The smallest absolute Gasteiger partial charge is 0.407 e. The Balaban J connectivity index is 1.25. The number of fused-ring (bicyclic) bond motifs is 3. The lowest BCUT2D eigenvalue weighted by molar-refractivity contribution is -0.383. The summed E-state index contributed by atoms with van der Waals surface area (Å²) < 4.78 is 89.2. The van der Waals surface area contributed by atoms with Crippen LogP contribution >= 0.6 is 0 Å². The fraction of sp³-hybridized carbons (Fsp3) is 0.554. The van der Waals surface area contributed by atoms with E-state index in [2.05, 4.69) is 15.6 Å². The molecule has 31 nitrogen and oxygen atoms in total. The molecule has 4 aliphatic rings. The average molecular weight is 1230 g/mol. The Labute approximate surface area is 495 Å². The minimum Gasteiger partial charge on any atom is -0.480 e. The van der Waals surface area contributed by atoms with Crippen molar-refractivity contribution in [2.45, 2.75) is 180 Å². The fourth-order valence-electron chi connectivity index (χ4n) is 10.5. The van der Waals surface area contributed by atoms with Crippen LogP contribution in [-0.2, 0) is 125 Å². The predicted molar refractivity (Wildman–Crippen MR) is 282 cm³/mol. The zero-order chi connectivity index (χ0) is 63.6. The number of alkyl carbamates (subject to hydrolysis) is 1. The SMILES string of the molecule is CC(=O)OC[C@H]1O[C@@H](O[C@H]2[C@H](OC(C)=O)[C@@H](OC(C)=O)[C@H](n3cc(C[C@H](NC(=O)OCC4c5ccccc5-c5ccccc54)C(=O)O)nn3)O[C@@H]2COC(C)=O)[C@H](O[C@@H]2O[C@@H](C)[C@@H](OC(C)=O)[C@@H](OC(C)=O)[C@@H]2OC(C)=O)[C@@H](OC(C)=O)[C@H]1OC(C)=O. The molecule has 3 saturated heterocycles. The van der Waals surface area contributed by atoms with Gasteiger partial charge in [-0.3, -0.25) is 43.2 Å². The van der Waals surface area contributed by atoms with E-state index in [9.17, 15) is 57.8 Å². The topological polar surface area (TPSA) is 389 Å². The lowest BCUT2D eigenvalue weighted by atomic mass is 9.95. The summed E-state index contributed by atoms with van der Waals surface area (Å²) in [6.07, 6.45) is -27.3. The van der Waals surface area contributed by atoms with Gasteiger partial charge in [0.05, 0.1) is 18.0 Å². The van der Waals surface area contributed by atoms with Crippen LogP contribution in [0.2, 0.25) is 0 Å². The van der Waals surface area contributed by atoms with Crippen molar-refractivity contribution < 1.29 is 129 Å². The molecule has 2 N–H and O–H groups in total. The van der Waals surface area contributed by atoms with Gasteiger partial charge in [-0.15, -0.1) is 5.10 Å². The van der Waals surface area contributed by atoms with Gasteiger partial charge in [0, 0.05) is 74.7 Å². The molecule has 3 fully saturated rings. The van der Waals surface area contributed by atoms with Gasteiger partial charge in [-0.05, 0) is 29.2 Å². The molecular weight excluding hydrogens is 1160 g/mol. The van der Waals surface area contributed by atoms with Gasteiger partial charge in [-0.25, -0.2) is 14.3 Å². The van der Waals surface area contributed by atoms with Crippen LogP contribution in [0.3, 0.4) is 0 Å². The molecule has 4 heterocycles. The highest BCUT2D eigenvalue weighted by atomic mass is 16.8. The van der Waals surface area contributed by atoms with Gasteiger partial charge in [0.1, 0.15) is 44.2 Å². The highest BCUT2D eigenvalue weighted by Gasteiger charge is 2.60. The van der Waals surface area contributed by atoms with Crippen molar-refractivity contribution >= 4 is 65.8 Å². The molecule has 0 radical (unpaired) electrons. The first-order valence-electron chi connectivity index (χ1n) is 27.2. The van der Waals surface area contributed by atoms with Gasteiger partial charge in [0.15, 0.2) is 67.6 Å². The maximum absolute atomic E-state index is 13.3. The van der Waals surface area contributed by atoms with Gasteiger partial charge in [0.25, 0.3) is 0 Å². The van der Waals surface area contributed by atoms with E-state index < -0.39 is 184 Å². The molecule has 3 aromatic rings. The van der Waals surface area contributed by atoms with Crippen LogP contribution in [0.4, 0.5) is 4.79 Å². The summed E-state index contributed by atoms with van der Waals surface area (Å²) in [4.78, 5) is 141. The normalized spacial score (nSPS) is 27.7. The second-order valence-corrected chi connectivity index (χ2v) is 20.4. The van der Waals surface area contributed by atoms with Crippen LogP contribution in [0.5, 0.6) is 0 Å². The highest BCUT2D eigenvalue weighted by Crippen LogP contribution is 2.45. The molecule has 87 heavy (non-hydrogen) atoms. The average Bonchev–Trinajstić information content (AvgIpc) is 1.75. The van der Waals surface area contributed by atoms with Crippen molar-refractivity contribution in [3.8, 4) is 11.1 Å². The second kappa shape index (κ2) is 29.2. The van der Waals surface area contributed by atoms with E-state index in [4.69, 9.17) is 71.1 Å². The molecule has 0 unspecified atom stereocenters. The fourth-order valence-corrected chi connectivity index (χ4v) is 10.5. The summed E-state index contributed by atoms with van der Waals surface area (Å²) in [5.41, 5.74) is 3.66. The molecule has 7 rings (SSSR count). The molecule has 472 valence electrons. The maximum Gasteiger partial charge on any atom is 0.407 e. The molecule has 1 amide bonds. The Morgan fingerprint density at radius 1 is 0.506 bits per heavy atom. The Morgan fingerprint density at radius 3 is 1.46 bits per heavy atom. The number of nitrogens with zero attached hydrogens (tertiary/aromatic N) is 3. The molecule has 0 saturated carbocycles. The lowest BCUT2D eigenvalue weighted by Gasteiger charge is -2.50. The first kappa shape index (κ1) is 65.9. The molecule has 1 aliphatic carbocycles. The van der Waals surface area contributed by atoms with Gasteiger partial charge in [0.2, 0.25) is 0 Å². The number of amides is 1. The summed E-state index contributed by atoms with van der Waals surface area (Å²) in [6, 6.07) is 13.5. The van der Waals surface area contributed by atoms with Crippen molar-refractivity contribution in [3.05, 3.63) is 71.5 Å². The standard InChI is InChI=1S/C56H66N4O27/c1-24-43(77-27(4)63)46(79-29(6)65)50(83-33(10)69)54(76-24)87-51-48(81-31(8)67)44(78-28(5)64)42(23-74-26(3)62)85-55(51)86-45-41(22-73-25(2)61)84-52(49(82-32(9)68)47(45)80-30(7)66)60-20-34(58-59-60)19-40(53(70)71)57-56(72)75-21-39-37-17-13-11-15-35(37)36-16-12-14-18-38(36)39/h11-18,20,24,39-52,54-55H,19,21-23H2,1-10H3,(H,57,72)(H,70,71)/t24-,40-,41+,42+,43+,44-,45+,46+,47-,48-,49+,50-,51+,52+,54-,55-/m0/s1. The number of aliphatic carboxylic acids is 1. The van der Waals surface area contributed by atoms with E-state index in [0.29, 0.717) is 0 Å². The molecule has 31 heteroatoms. The summed E-state index contributed by atoms with van der Waals surface area (Å²) in [6.45, 7) is 8.67. The van der Waals surface area contributed by atoms with Crippen LogP contribution < -0.4 is 5.32 Å². The van der Waals surface area contributed by atoms with E-state index in [-0.39, 0.29) is 18.2 Å². The number of esters is 9. The zero-order valence-electron chi connectivity index (χ0n) is 48.7. The van der Waals surface area contributed by atoms with Crippen LogP contribution in [0.15, 0.2) is 54.7 Å². The maximum atomic E-state index is 13.3. The van der Waals surface area contributed by atoms with E-state index in [0.717, 1.165) is 95.4 Å². The third-order valence-electron chi connectivity index (χ3n) is 13.7. The monoisotopic (exact) mass is 1230 g/mol. The van der Waals surface area contributed by atoms with Crippen LogP contribution in [0.25, 0.3) is 11.1 Å². The van der Waals surface area contributed by atoms with Crippen LogP contribution in [-0.4, -0.2) is 198 Å². The molecule has 0 bridgehead atoms. The van der Waals surface area contributed by atoms with Gasteiger partial charge >= 0.3 is 65.8 Å². The van der Waals surface area contributed by atoms with Crippen molar-refractivity contribution in [3.63, 3.8) is 0 Å². The number of ether oxygens (including phenoxy) is 15. The van der Waals surface area contributed by atoms with E-state index in [1.54, 1.807) is 0 Å². The highest BCUT2D eigenvalue weighted by molar-refractivity contribution is 5.81. The second-order valence-electron chi connectivity index (χ2n) is 20.4. The summed E-state index contributed by atoms with van der Waals surface area (Å²) in [7, 11) is 0. The number of benzene rings is 2. The van der Waals surface area contributed by atoms with E-state index in [1.165, 1.54) is 6.92 Å². The van der Waals surface area contributed by atoms with Gasteiger partial charge in [-0.2, -0.15) is 0 Å². The summed E-state index contributed by atoms with van der Waals surface area (Å²) >= 11 is 0. The number of hydrogen-bond acceptors (Lipinski definition) is 28. The third-order valence-corrected chi connectivity index (χ3v) is 13.7. The largest absolute Gasteiger partial charge is 0.480 e. The van der Waals surface area contributed by atoms with Crippen molar-refractivity contribution in [2.24, 2.45) is 0 Å². The summed E-state index contributed by atoms with van der Waals surface area (Å²) in [5, 5.41) is 20.9. The molecular formula is C56H66N4O27. The number of aromatic nitrogens is 3.